The zero-order valence-corrected chi connectivity index (χ0v) is 22.0. The van der Waals surface area contributed by atoms with Crippen LogP contribution in [-0.2, 0) is 13.0 Å². The molecular formula is C21H36Cl4N6O2. The number of rotatable bonds is 6. The molecule has 0 saturated carbocycles. The summed E-state index contributed by atoms with van der Waals surface area (Å²) in [5, 5.41) is 14.0. The van der Waals surface area contributed by atoms with Gasteiger partial charge in [-0.05, 0) is 50.8 Å². The normalized spacial score (nSPS) is 15.0. The first-order valence-corrected chi connectivity index (χ1v) is 10.2. The lowest BCUT2D eigenvalue weighted by atomic mass is 10.1. The van der Waals surface area contributed by atoms with E-state index in [4.69, 9.17) is 10.7 Å². The lowest BCUT2D eigenvalue weighted by molar-refractivity contribution is 0.224. The molecule has 1 saturated heterocycles. The summed E-state index contributed by atoms with van der Waals surface area (Å²) in [4.78, 5) is 11.8. The van der Waals surface area contributed by atoms with Crippen LogP contribution < -0.4 is 11.1 Å². The molecular weight excluding hydrogens is 510 g/mol. The molecule has 1 aliphatic carbocycles. The van der Waals surface area contributed by atoms with Gasteiger partial charge >= 0.3 is 0 Å². The highest BCUT2D eigenvalue weighted by atomic mass is 35.5. The molecule has 1 aliphatic heterocycles. The molecule has 2 aromatic rings. The van der Waals surface area contributed by atoms with Crippen molar-refractivity contribution in [2.75, 3.05) is 31.5 Å². The molecule has 0 spiro atoms. The fraction of sp³-hybridized carbons (Fsp3) is 0.524. The summed E-state index contributed by atoms with van der Waals surface area (Å²) in [5.41, 5.74) is 9.53. The predicted molar refractivity (Wildman–Crippen MR) is 144 cm³/mol. The van der Waals surface area contributed by atoms with E-state index in [-0.39, 0.29) is 60.9 Å². The van der Waals surface area contributed by atoms with E-state index in [1.807, 2.05) is 13.0 Å². The van der Waals surface area contributed by atoms with Gasteiger partial charge in [-0.3, -0.25) is 4.98 Å². The van der Waals surface area contributed by atoms with Gasteiger partial charge < -0.3 is 31.1 Å². The molecule has 0 bridgehead atoms. The number of likely N-dealkylation sites (tertiary alicyclic amines) is 1. The highest BCUT2D eigenvalue weighted by molar-refractivity contribution is 5.86. The fourth-order valence-corrected chi connectivity index (χ4v) is 4.13. The Balaban J connectivity index is 0. The Bertz CT molecular complexity index is 873. The predicted octanol–water partition coefficient (Wildman–Crippen LogP) is 3.00. The van der Waals surface area contributed by atoms with Crippen molar-refractivity contribution in [2.45, 2.75) is 45.2 Å². The number of aromatic hydroxyl groups is 1. The summed E-state index contributed by atoms with van der Waals surface area (Å²) >= 11 is 0. The molecule has 0 radical (unpaired) electrons. The van der Waals surface area contributed by atoms with Crippen LogP contribution in [0.2, 0.25) is 0 Å². The van der Waals surface area contributed by atoms with Crippen molar-refractivity contribution in [1.29, 1.82) is 0 Å². The number of piperidine rings is 1. The van der Waals surface area contributed by atoms with E-state index in [0.717, 1.165) is 62.7 Å². The van der Waals surface area contributed by atoms with Gasteiger partial charge in [-0.25, -0.2) is 4.98 Å². The Morgan fingerprint density at radius 1 is 1.12 bits per heavy atom. The number of imidazole rings is 1. The summed E-state index contributed by atoms with van der Waals surface area (Å²) < 4.78 is 2.20. The number of hydrogen-bond acceptors (Lipinski definition) is 6. The molecule has 6 N–H and O–H groups in total. The molecule has 0 unspecified atom stereocenters. The lowest BCUT2D eigenvalue weighted by Crippen LogP contribution is -2.41. The van der Waals surface area contributed by atoms with Crippen molar-refractivity contribution in [3.63, 3.8) is 0 Å². The van der Waals surface area contributed by atoms with Crippen molar-refractivity contribution in [3.8, 4) is 5.75 Å². The monoisotopic (exact) mass is 544 g/mol. The summed E-state index contributed by atoms with van der Waals surface area (Å²) in [5.74, 6) is 1.12. The number of allylic oxidation sites excluding steroid dienone is 1. The van der Waals surface area contributed by atoms with Gasteiger partial charge in [-0.15, -0.1) is 49.6 Å². The SMILES string of the molecule is Cc1ccc(O)c(Cn2c(NC3CCN(CCN)CC3)nc3c2CCC=C3)n1.Cl.Cl.Cl.Cl.O. The van der Waals surface area contributed by atoms with Crippen molar-refractivity contribution in [2.24, 2.45) is 5.73 Å². The largest absolute Gasteiger partial charge is 0.506 e. The molecule has 2 aromatic heterocycles. The van der Waals surface area contributed by atoms with E-state index in [1.54, 1.807) is 6.07 Å². The van der Waals surface area contributed by atoms with Crippen LogP contribution >= 0.6 is 49.6 Å². The zero-order chi connectivity index (χ0) is 19.5. The average molecular weight is 546 g/mol. The first kappa shape index (κ1) is 33.9. The second-order valence-electron chi connectivity index (χ2n) is 7.76. The van der Waals surface area contributed by atoms with E-state index >= 15 is 0 Å². The third-order valence-corrected chi connectivity index (χ3v) is 5.69. The van der Waals surface area contributed by atoms with Gasteiger partial charge in [0.25, 0.3) is 0 Å². The number of hydrogen-bond donors (Lipinski definition) is 3. The van der Waals surface area contributed by atoms with Gasteiger partial charge in [0.2, 0.25) is 5.95 Å². The number of aromatic nitrogens is 3. The number of nitrogens with one attached hydrogen (secondary N) is 1. The molecule has 33 heavy (non-hydrogen) atoms. The van der Waals surface area contributed by atoms with E-state index in [2.05, 4.69) is 31.9 Å². The van der Waals surface area contributed by atoms with Gasteiger partial charge in [0.15, 0.2) is 0 Å². The highest BCUT2D eigenvalue weighted by Gasteiger charge is 2.23. The molecule has 12 heteroatoms. The molecule has 1 fully saturated rings. The molecule has 3 heterocycles. The third kappa shape index (κ3) is 8.17. The number of anilines is 1. The Labute approximate surface area is 220 Å². The van der Waals surface area contributed by atoms with Crippen LogP contribution in [0.1, 0.15) is 42.0 Å². The minimum atomic E-state index is 0. The van der Waals surface area contributed by atoms with Crippen LogP contribution in [0.4, 0.5) is 5.95 Å². The number of nitrogens with zero attached hydrogens (tertiary/aromatic N) is 4. The maximum Gasteiger partial charge on any atom is 0.204 e. The van der Waals surface area contributed by atoms with Gasteiger partial charge in [-0.1, -0.05) is 6.08 Å². The number of nitrogens with two attached hydrogens (primary N) is 1. The summed E-state index contributed by atoms with van der Waals surface area (Å²) in [6.07, 6.45) is 8.43. The van der Waals surface area contributed by atoms with Crippen LogP contribution in [-0.4, -0.2) is 62.2 Å². The second-order valence-corrected chi connectivity index (χ2v) is 7.76. The van der Waals surface area contributed by atoms with Gasteiger partial charge in [0, 0.05) is 43.6 Å². The van der Waals surface area contributed by atoms with Crippen LogP contribution in [0.3, 0.4) is 0 Å². The summed E-state index contributed by atoms with van der Waals surface area (Å²) in [6, 6.07) is 3.96. The number of aryl methyl sites for hydroxylation is 1. The highest BCUT2D eigenvalue weighted by Crippen LogP contribution is 2.27. The van der Waals surface area contributed by atoms with Crippen molar-refractivity contribution >= 4 is 61.7 Å². The van der Waals surface area contributed by atoms with E-state index in [0.29, 0.717) is 24.8 Å². The maximum atomic E-state index is 10.3. The van der Waals surface area contributed by atoms with E-state index in [1.165, 1.54) is 5.69 Å². The Morgan fingerprint density at radius 3 is 2.48 bits per heavy atom. The number of fused-ring (bicyclic) bond motifs is 1. The quantitative estimate of drug-likeness (QED) is 0.512. The van der Waals surface area contributed by atoms with Gasteiger partial charge in [0.05, 0.1) is 12.2 Å². The molecule has 0 aromatic carbocycles. The van der Waals surface area contributed by atoms with Crippen LogP contribution in [0.15, 0.2) is 18.2 Å². The lowest BCUT2D eigenvalue weighted by Gasteiger charge is -2.32. The van der Waals surface area contributed by atoms with Crippen LogP contribution in [0.5, 0.6) is 5.75 Å². The number of halogens is 4. The Hall–Kier alpha value is -1.26. The molecule has 190 valence electrons. The zero-order valence-electron chi connectivity index (χ0n) is 18.7. The van der Waals surface area contributed by atoms with Crippen LogP contribution in [0.25, 0.3) is 6.08 Å². The number of pyridine rings is 1. The average Bonchev–Trinajstić information content (AvgIpc) is 3.04. The van der Waals surface area contributed by atoms with E-state index < -0.39 is 0 Å². The standard InChI is InChI=1S/C21H30N6O.4ClH.H2O/c1-15-6-7-20(28)18(23-15)14-27-19-5-3-2-4-17(19)25-21(27)24-16-8-11-26(12-9-16)13-10-22;;;;;/h2,4,6-7,16,28H,3,5,8-14,22H2,1H3,(H,24,25);4*1H;1H2. The third-order valence-electron chi connectivity index (χ3n) is 5.69. The van der Waals surface area contributed by atoms with Gasteiger partial charge in [-0.2, -0.15) is 0 Å². The van der Waals surface area contributed by atoms with E-state index in [9.17, 15) is 5.11 Å². The van der Waals surface area contributed by atoms with Crippen LogP contribution in [0, 0.1) is 6.92 Å². The smallest absolute Gasteiger partial charge is 0.204 e. The van der Waals surface area contributed by atoms with Crippen molar-refractivity contribution in [1.82, 2.24) is 19.4 Å². The summed E-state index contributed by atoms with van der Waals surface area (Å²) in [6.45, 7) is 6.29. The summed E-state index contributed by atoms with van der Waals surface area (Å²) in [7, 11) is 0. The topological polar surface area (TPSA) is 124 Å². The fourth-order valence-electron chi connectivity index (χ4n) is 4.13. The minimum Gasteiger partial charge on any atom is -0.506 e. The first-order chi connectivity index (χ1) is 13.6. The second kappa shape index (κ2) is 15.6. The van der Waals surface area contributed by atoms with Gasteiger partial charge in [0.1, 0.15) is 11.4 Å². The van der Waals surface area contributed by atoms with Crippen molar-refractivity contribution < 1.29 is 10.6 Å². The Morgan fingerprint density at radius 2 is 1.82 bits per heavy atom. The minimum absolute atomic E-state index is 0. The molecule has 0 atom stereocenters. The molecule has 2 aliphatic rings. The Kier molecular flexibility index (Phi) is 16.0. The molecule has 0 amide bonds. The maximum absolute atomic E-state index is 10.3. The molecule has 8 nitrogen and oxygen atoms in total. The molecule has 4 rings (SSSR count). The first-order valence-electron chi connectivity index (χ1n) is 10.2. The van der Waals surface area contributed by atoms with Crippen molar-refractivity contribution in [3.05, 3.63) is 41.0 Å².